The number of anilines is 1. The summed E-state index contributed by atoms with van der Waals surface area (Å²) in [6.07, 6.45) is 0.817. The Morgan fingerprint density at radius 3 is 2.35 bits per heavy atom. The van der Waals surface area contributed by atoms with Crippen LogP contribution in [0.3, 0.4) is 0 Å². The molecule has 4 aromatic heterocycles. The Kier molecular flexibility index (Phi) is 6.18. The van der Waals surface area contributed by atoms with Crippen LogP contribution in [0.25, 0.3) is 28.1 Å². The molecular weight excluding hydrogens is 488 g/mol. The highest BCUT2D eigenvalue weighted by Gasteiger charge is 2.36. The highest BCUT2D eigenvalue weighted by molar-refractivity contribution is 6.04. The van der Waals surface area contributed by atoms with Crippen LogP contribution in [0.5, 0.6) is 0 Å². The number of aromatic nitrogens is 5. The molecule has 0 saturated carbocycles. The van der Waals surface area contributed by atoms with Crippen LogP contribution in [0.4, 0.5) is 23.4 Å². The topological polar surface area (TPSA) is 85.6 Å². The van der Waals surface area contributed by atoms with Crippen LogP contribution in [0.1, 0.15) is 16.1 Å². The number of pyridine rings is 3. The lowest BCUT2D eigenvalue weighted by Crippen LogP contribution is -2.15. The van der Waals surface area contributed by atoms with E-state index in [9.17, 15) is 22.4 Å². The van der Waals surface area contributed by atoms with Gasteiger partial charge in [-0.15, -0.1) is 0 Å². The van der Waals surface area contributed by atoms with Crippen molar-refractivity contribution in [3.8, 4) is 28.1 Å². The van der Waals surface area contributed by atoms with Crippen LogP contribution in [0, 0.1) is 5.95 Å². The highest BCUT2D eigenvalue weighted by Crippen LogP contribution is 2.34. The molecule has 7 nitrogen and oxygen atoms in total. The van der Waals surface area contributed by atoms with E-state index >= 15 is 0 Å². The predicted molar refractivity (Wildman–Crippen MR) is 127 cm³/mol. The van der Waals surface area contributed by atoms with Gasteiger partial charge in [-0.3, -0.25) is 9.78 Å². The van der Waals surface area contributed by atoms with Gasteiger partial charge in [-0.05, 0) is 60.2 Å². The molecule has 0 aliphatic carbocycles. The summed E-state index contributed by atoms with van der Waals surface area (Å²) >= 11 is 0. The zero-order valence-corrected chi connectivity index (χ0v) is 18.8. The van der Waals surface area contributed by atoms with Crippen LogP contribution in [-0.4, -0.2) is 30.6 Å². The first-order valence-electron chi connectivity index (χ1n) is 10.9. The van der Waals surface area contributed by atoms with Crippen LogP contribution in [-0.2, 0) is 6.18 Å². The third-order valence-electron chi connectivity index (χ3n) is 5.38. The van der Waals surface area contributed by atoms with Crippen molar-refractivity contribution in [3.63, 3.8) is 0 Å². The molecule has 11 heteroatoms. The maximum absolute atomic E-state index is 13.7. The normalized spacial score (nSPS) is 11.4. The second kappa shape index (κ2) is 9.61. The van der Waals surface area contributed by atoms with E-state index in [1.807, 2.05) is 0 Å². The Bertz CT molecular complexity index is 1550. The van der Waals surface area contributed by atoms with Gasteiger partial charge in [0.1, 0.15) is 11.5 Å². The van der Waals surface area contributed by atoms with Crippen molar-refractivity contribution in [2.45, 2.75) is 6.18 Å². The second-order valence-electron chi connectivity index (χ2n) is 7.87. The third-order valence-corrected chi connectivity index (χ3v) is 5.38. The fraction of sp³-hybridized carbons (Fsp3) is 0.0385. The van der Waals surface area contributed by atoms with Crippen molar-refractivity contribution in [3.05, 3.63) is 109 Å². The van der Waals surface area contributed by atoms with Crippen LogP contribution < -0.4 is 5.32 Å². The van der Waals surface area contributed by atoms with E-state index in [1.165, 1.54) is 43.0 Å². The Balaban J connectivity index is 1.38. The number of benzene rings is 1. The molecule has 0 atom stereocenters. The number of alkyl halides is 3. The van der Waals surface area contributed by atoms with Gasteiger partial charge in [0.25, 0.3) is 5.91 Å². The molecule has 1 aromatic carbocycles. The minimum absolute atomic E-state index is 0.0614. The molecule has 4 heterocycles. The van der Waals surface area contributed by atoms with Crippen LogP contribution in [0.2, 0.25) is 0 Å². The molecular formula is C26H16F4N6O. The molecule has 0 spiro atoms. The Morgan fingerprint density at radius 1 is 0.838 bits per heavy atom. The van der Waals surface area contributed by atoms with Gasteiger partial charge in [0.2, 0.25) is 5.95 Å². The molecule has 184 valence electrons. The first kappa shape index (κ1) is 23.8. The van der Waals surface area contributed by atoms with E-state index < -0.39 is 23.7 Å². The van der Waals surface area contributed by atoms with E-state index in [1.54, 1.807) is 42.5 Å². The zero-order chi connectivity index (χ0) is 26.0. The molecule has 0 saturated heterocycles. The number of carbonyl (C=O) groups excluding carboxylic acids is 1. The molecule has 0 radical (unpaired) electrons. The summed E-state index contributed by atoms with van der Waals surface area (Å²) in [5.41, 5.74) is 1.22. The molecule has 5 aromatic rings. The molecule has 0 aliphatic heterocycles. The molecule has 0 aliphatic rings. The fourth-order valence-electron chi connectivity index (χ4n) is 3.60. The highest BCUT2D eigenvalue weighted by atomic mass is 19.4. The monoisotopic (exact) mass is 504 g/mol. The second-order valence-corrected chi connectivity index (χ2v) is 7.87. The van der Waals surface area contributed by atoms with Crippen LogP contribution >= 0.6 is 0 Å². The lowest BCUT2D eigenvalue weighted by atomic mass is 10.0. The van der Waals surface area contributed by atoms with Gasteiger partial charge in [-0.2, -0.15) is 22.7 Å². The molecule has 1 N–H and O–H groups in total. The molecule has 0 bridgehead atoms. The largest absolute Gasteiger partial charge is 0.433 e. The van der Waals surface area contributed by atoms with Crippen molar-refractivity contribution in [1.82, 2.24) is 24.7 Å². The fourth-order valence-corrected chi connectivity index (χ4v) is 3.60. The molecule has 5 rings (SSSR count). The summed E-state index contributed by atoms with van der Waals surface area (Å²) in [5.74, 6) is -0.958. The summed E-state index contributed by atoms with van der Waals surface area (Å²) in [5, 5.41) is 6.71. The number of halogens is 4. The minimum atomic E-state index is -4.66. The SMILES string of the molecule is O=C(Nc1ccc(-n2nc(-c3cccnc3)cc2C(F)(F)F)cn1)c1cccc(-c2ccc(F)nc2)c1. The van der Waals surface area contributed by atoms with Gasteiger partial charge < -0.3 is 5.32 Å². The summed E-state index contributed by atoms with van der Waals surface area (Å²) in [6, 6.07) is 16.3. The smallest absolute Gasteiger partial charge is 0.307 e. The van der Waals surface area contributed by atoms with E-state index in [-0.39, 0.29) is 17.2 Å². The zero-order valence-electron chi connectivity index (χ0n) is 18.8. The van der Waals surface area contributed by atoms with Crippen LogP contribution in [0.15, 0.2) is 91.5 Å². The van der Waals surface area contributed by atoms with E-state index in [0.717, 1.165) is 10.7 Å². The Labute approximate surface area is 207 Å². The average molecular weight is 504 g/mol. The Morgan fingerprint density at radius 2 is 1.68 bits per heavy atom. The van der Waals surface area contributed by atoms with Crippen molar-refractivity contribution in [2.24, 2.45) is 0 Å². The maximum Gasteiger partial charge on any atom is 0.433 e. The number of rotatable bonds is 5. The summed E-state index contributed by atoms with van der Waals surface area (Å²) in [4.78, 5) is 24.4. The quantitative estimate of drug-likeness (QED) is 0.242. The van der Waals surface area contributed by atoms with Crippen molar-refractivity contribution < 1.29 is 22.4 Å². The summed E-state index contributed by atoms with van der Waals surface area (Å²) in [7, 11) is 0. The molecule has 0 unspecified atom stereocenters. The standard InChI is InChI=1S/C26H16F4N6O/c27-23-8-6-18(14-32-23)16-3-1-4-17(11-16)25(37)34-24-9-7-20(15-33-24)36-22(26(28,29)30)12-21(35-36)19-5-2-10-31-13-19/h1-15H,(H,33,34,37). The lowest BCUT2D eigenvalue weighted by Gasteiger charge is -2.11. The number of hydrogen-bond acceptors (Lipinski definition) is 5. The van der Waals surface area contributed by atoms with Gasteiger partial charge in [0, 0.05) is 35.3 Å². The number of carbonyl (C=O) groups is 1. The first-order chi connectivity index (χ1) is 17.8. The van der Waals surface area contributed by atoms with Crippen molar-refractivity contribution in [1.29, 1.82) is 0 Å². The van der Waals surface area contributed by atoms with E-state index in [2.05, 4.69) is 25.4 Å². The first-order valence-corrected chi connectivity index (χ1v) is 10.9. The lowest BCUT2D eigenvalue weighted by molar-refractivity contribution is -0.142. The molecule has 37 heavy (non-hydrogen) atoms. The van der Waals surface area contributed by atoms with Gasteiger partial charge in [0.05, 0.1) is 17.6 Å². The van der Waals surface area contributed by atoms with Crippen molar-refractivity contribution >= 4 is 11.7 Å². The van der Waals surface area contributed by atoms with Crippen molar-refractivity contribution in [2.75, 3.05) is 5.32 Å². The van der Waals surface area contributed by atoms with Gasteiger partial charge in [-0.1, -0.05) is 12.1 Å². The third kappa shape index (κ3) is 5.20. The molecule has 0 fully saturated rings. The van der Waals surface area contributed by atoms with Gasteiger partial charge >= 0.3 is 6.18 Å². The van der Waals surface area contributed by atoms with E-state index in [4.69, 9.17) is 0 Å². The minimum Gasteiger partial charge on any atom is -0.307 e. The predicted octanol–water partition coefficient (Wildman–Crippen LogP) is 5.80. The maximum atomic E-state index is 13.7. The van der Waals surface area contributed by atoms with Gasteiger partial charge in [-0.25, -0.2) is 14.6 Å². The Hall–Kier alpha value is -4.93. The summed E-state index contributed by atoms with van der Waals surface area (Å²) in [6.45, 7) is 0. The summed E-state index contributed by atoms with van der Waals surface area (Å²) < 4.78 is 55.0. The number of nitrogens with zero attached hydrogens (tertiary/aromatic N) is 5. The molecule has 1 amide bonds. The number of hydrogen-bond donors (Lipinski definition) is 1. The van der Waals surface area contributed by atoms with E-state index in [0.29, 0.717) is 22.3 Å². The average Bonchev–Trinajstić information content (AvgIpc) is 3.37. The van der Waals surface area contributed by atoms with Gasteiger partial charge in [0.15, 0.2) is 0 Å². The number of amides is 1. The number of nitrogens with one attached hydrogen (secondary N) is 1.